The van der Waals surface area contributed by atoms with Crippen molar-refractivity contribution in [3.63, 3.8) is 0 Å². The summed E-state index contributed by atoms with van der Waals surface area (Å²) in [6, 6.07) is 14.3. The maximum absolute atomic E-state index is 12.8. The zero-order valence-corrected chi connectivity index (χ0v) is 19.8. The number of fused-ring (bicyclic) bond motifs is 1. The van der Waals surface area contributed by atoms with E-state index in [0.717, 1.165) is 18.7 Å². The second-order valence-corrected chi connectivity index (χ2v) is 8.50. The van der Waals surface area contributed by atoms with Crippen molar-refractivity contribution in [3.05, 3.63) is 75.7 Å². The van der Waals surface area contributed by atoms with Gasteiger partial charge in [-0.3, -0.25) is 30.1 Å². The van der Waals surface area contributed by atoms with E-state index in [0.29, 0.717) is 22.4 Å². The molecule has 33 heavy (non-hydrogen) atoms. The summed E-state index contributed by atoms with van der Waals surface area (Å²) in [7, 11) is 0. The molecule has 2 amide bonds. The Hall–Kier alpha value is -3.52. The van der Waals surface area contributed by atoms with E-state index >= 15 is 0 Å². The van der Waals surface area contributed by atoms with Gasteiger partial charge in [0.25, 0.3) is 17.4 Å². The van der Waals surface area contributed by atoms with E-state index < -0.39 is 11.8 Å². The molecule has 0 radical (unpaired) electrons. The Labute approximate surface area is 193 Å². The van der Waals surface area contributed by atoms with Crippen LogP contribution in [0, 0.1) is 0 Å². The molecule has 1 aromatic heterocycles. The second-order valence-electron chi connectivity index (χ2n) is 8.50. The van der Waals surface area contributed by atoms with Crippen molar-refractivity contribution in [2.24, 2.45) is 0 Å². The van der Waals surface area contributed by atoms with Gasteiger partial charge in [-0.25, -0.2) is 4.68 Å². The third-order valence-electron chi connectivity index (χ3n) is 5.56. The lowest BCUT2D eigenvalue weighted by Gasteiger charge is -2.24. The van der Waals surface area contributed by atoms with Crippen molar-refractivity contribution in [1.82, 2.24) is 25.5 Å². The maximum atomic E-state index is 12.8. The number of nitrogens with zero attached hydrogens (tertiary/aromatic N) is 3. The summed E-state index contributed by atoms with van der Waals surface area (Å²) in [6.45, 7) is 11.8. The third-order valence-corrected chi connectivity index (χ3v) is 5.56. The molecule has 0 saturated heterocycles. The van der Waals surface area contributed by atoms with Crippen LogP contribution in [0.25, 0.3) is 10.8 Å². The summed E-state index contributed by atoms with van der Waals surface area (Å²) in [6.07, 6.45) is 0. The van der Waals surface area contributed by atoms with Crippen LogP contribution < -0.4 is 16.4 Å². The Morgan fingerprint density at radius 3 is 2.12 bits per heavy atom. The summed E-state index contributed by atoms with van der Waals surface area (Å²) < 4.78 is 1.27. The zero-order valence-electron chi connectivity index (χ0n) is 19.8. The Morgan fingerprint density at radius 1 is 0.939 bits per heavy atom. The van der Waals surface area contributed by atoms with E-state index in [1.807, 2.05) is 26.0 Å². The lowest BCUT2D eigenvalue weighted by Crippen LogP contribution is -2.43. The molecule has 3 rings (SSSR count). The van der Waals surface area contributed by atoms with Crippen LogP contribution >= 0.6 is 0 Å². The highest BCUT2D eigenvalue weighted by Crippen LogP contribution is 2.15. The molecule has 3 aromatic rings. The predicted octanol–water partition coefficient (Wildman–Crippen LogP) is 3.28. The molecule has 174 valence electrons. The fourth-order valence-corrected chi connectivity index (χ4v) is 3.62. The SMILES string of the molecule is CCN(Cc1ccc(C(=O)NNC(=O)c2nn(C(C)C)c(=O)c3ccccc23)cc1)C(C)C. The molecule has 0 aliphatic heterocycles. The highest BCUT2D eigenvalue weighted by Gasteiger charge is 2.18. The van der Waals surface area contributed by atoms with Gasteiger partial charge in [0.2, 0.25) is 0 Å². The van der Waals surface area contributed by atoms with E-state index in [4.69, 9.17) is 0 Å². The molecule has 8 nitrogen and oxygen atoms in total. The molecule has 1 heterocycles. The molecule has 0 spiro atoms. The minimum atomic E-state index is -0.596. The second kappa shape index (κ2) is 10.4. The average Bonchev–Trinajstić information content (AvgIpc) is 2.81. The summed E-state index contributed by atoms with van der Waals surface area (Å²) >= 11 is 0. The van der Waals surface area contributed by atoms with Gasteiger partial charge in [-0.2, -0.15) is 5.10 Å². The van der Waals surface area contributed by atoms with Crippen LogP contribution in [-0.4, -0.2) is 39.1 Å². The van der Waals surface area contributed by atoms with Crippen LogP contribution in [0.2, 0.25) is 0 Å². The van der Waals surface area contributed by atoms with Gasteiger partial charge < -0.3 is 0 Å². The van der Waals surface area contributed by atoms with E-state index in [-0.39, 0.29) is 17.3 Å². The van der Waals surface area contributed by atoms with E-state index in [1.165, 1.54) is 4.68 Å². The maximum Gasteiger partial charge on any atom is 0.290 e. The first-order chi connectivity index (χ1) is 15.7. The van der Waals surface area contributed by atoms with Crippen molar-refractivity contribution < 1.29 is 9.59 Å². The molecule has 2 aromatic carbocycles. The number of nitrogens with one attached hydrogen (secondary N) is 2. The highest BCUT2D eigenvalue weighted by atomic mass is 16.2. The molecule has 0 fully saturated rings. The van der Waals surface area contributed by atoms with Crippen LogP contribution in [0.15, 0.2) is 53.3 Å². The number of carbonyl (C=O) groups is 2. The predicted molar refractivity (Wildman–Crippen MR) is 129 cm³/mol. The van der Waals surface area contributed by atoms with Gasteiger partial charge >= 0.3 is 0 Å². The van der Waals surface area contributed by atoms with Gasteiger partial charge in [0.05, 0.1) is 11.4 Å². The van der Waals surface area contributed by atoms with E-state index in [9.17, 15) is 14.4 Å². The Kier molecular flexibility index (Phi) is 7.60. The van der Waals surface area contributed by atoms with Crippen LogP contribution in [0.4, 0.5) is 0 Å². The number of benzene rings is 2. The molecule has 0 unspecified atom stereocenters. The topological polar surface area (TPSA) is 96.3 Å². The van der Waals surface area contributed by atoms with Crippen molar-refractivity contribution in [1.29, 1.82) is 0 Å². The number of hydrazine groups is 1. The number of aromatic nitrogens is 2. The largest absolute Gasteiger partial charge is 0.297 e. The van der Waals surface area contributed by atoms with Crippen molar-refractivity contribution in [3.8, 4) is 0 Å². The summed E-state index contributed by atoms with van der Waals surface area (Å²) in [4.78, 5) is 40.4. The molecule has 0 aliphatic carbocycles. The lowest BCUT2D eigenvalue weighted by atomic mass is 10.1. The van der Waals surface area contributed by atoms with Gasteiger partial charge in [-0.15, -0.1) is 0 Å². The number of hydrogen-bond donors (Lipinski definition) is 2. The molecular weight excluding hydrogens is 418 g/mol. The van der Waals surface area contributed by atoms with Crippen LogP contribution in [-0.2, 0) is 6.54 Å². The van der Waals surface area contributed by atoms with Crippen LogP contribution in [0.5, 0.6) is 0 Å². The molecule has 0 aliphatic rings. The van der Waals surface area contributed by atoms with Gasteiger partial charge in [-0.05, 0) is 58.0 Å². The first kappa shape index (κ1) is 24.1. The van der Waals surface area contributed by atoms with Gasteiger partial charge in [-0.1, -0.05) is 37.3 Å². The van der Waals surface area contributed by atoms with Gasteiger partial charge in [0.15, 0.2) is 5.69 Å². The number of carbonyl (C=O) groups excluding carboxylic acids is 2. The summed E-state index contributed by atoms with van der Waals surface area (Å²) in [5.74, 6) is -1.03. The number of amides is 2. The standard InChI is InChI=1S/C25H31N5O3/c1-6-29(16(2)3)15-18-11-13-19(14-12-18)23(31)26-27-24(32)22-20-9-7-8-10-21(20)25(33)30(28-22)17(4)5/h7-14,16-17H,6,15H2,1-5H3,(H,26,31)(H,27,32). The quantitative estimate of drug-likeness (QED) is 0.540. The van der Waals surface area contributed by atoms with Crippen LogP contribution in [0.1, 0.15) is 67.1 Å². The minimum absolute atomic E-state index is 0.0721. The minimum Gasteiger partial charge on any atom is -0.297 e. The Balaban J connectivity index is 1.74. The lowest BCUT2D eigenvalue weighted by molar-refractivity contribution is 0.0843. The molecule has 0 atom stereocenters. The number of rotatable bonds is 7. The molecule has 8 heteroatoms. The fourth-order valence-electron chi connectivity index (χ4n) is 3.62. The monoisotopic (exact) mass is 449 g/mol. The van der Waals surface area contributed by atoms with Gasteiger partial charge in [0.1, 0.15) is 0 Å². The van der Waals surface area contributed by atoms with E-state index in [1.54, 1.807) is 36.4 Å². The van der Waals surface area contributed by atoms with E-state index in [2.05, 4.69) is 41.6 Å². The molecule has 0 saturated carbocycles. The van der Waals surface area contributed by atoms with Crippen molar-refractivity contribution >= 4 is 22.6 Å². The third kappa shape index (κ3) is 5.46. The van der Waals surface area contributed by atoms with Crippen LogP contribution in [0.3, 0.4) is 0 Å². The van der Waals surface area contributed by atoms with Crippen molar-refractivity contribution in [2.45, 2.75) is 53.2 Å². The zero-order chi connectivity index (χ0) is 24.1. The first-order valence-corrected chi connectivity index (χ1v) is 11.2. The normalized spacial score (nSPS) is 11.4. The van der Waals surface area contributed by atoms with Crippen molar-refractivity contribution in [2.75, 3.05) is 6.54 Å². The summed E-state index contributed by atoms with van der Waals surface area (Å²) in [5, 5.41) is 5.08. The Bertz CT molecular complexity index is 1200. The summed E-state index contributed by atoms with van der Waals surface area (Å²) in [5.41, 5.74) is 6.20. The van der Waals surface area contributed by atoms with Gasteiger partial charge in [0, 0.05) is 23.5 Å². The fraction of sp³-hybridized carbons (Fsp3) is 0.360. The molecular formula is C25H31N5O3. The Morgan fingerprint density at radius 2 is 1.55 bits per heavy atom. The number of hydrogen-bond acceptors (Lipinski definition) is 5. The average molecular weight is 450 g/mol. The molecule has 0 bridgehead atoms. The molecule has 2 N–H and O–H groups in total. The smallest absolute Gasteiger partial charge is 0.290 e. The first-order valence-electron chi connectivity index (χ1n) is 11.2. The highest BCUT2D eigenvalue weighted by molar-refractivity contribution is 6.06.